The van der Waals surface area contributed by atoms with Gasteiger partial charge in [0.25, 0.3) is 5.91 Å². The first-order valence-electron chi connectivity index (χ1n) is 10.7. The van der Waals surface area contributed by atoms with Crippen LogP contribution in [0.5, 0.6) is 0 Å². The van der Waals surface area contributed by atoms with Crippen molar-refractivity contribution >= 4 is 23.2 Å². The summed E-state index contributed by atoms with van der Waals surface area (Å²) in [5, 5.41) is 0. The molecule has 2 aromatic carbocycles. The highest BCUT2D eigenvalue weighted by molar-refractivity contribution is 7.11. The number of amides is 2. The molecule has 0 aliphatic rings. The maximum Gasteiger partial charge on any atom is 0.254 e. The van der Waals surface area contributed by atoms with Gasteiger partial charge < -0.3 is 9.80 Å². The van der Waals surface area contributed by atoms with Crippen LogP contribution < -0.4 is 0 Å². The van der Waals surface area contributed by atoms with Crippen LogP contribution in [0.25, 0.3) is 0 Å². The van der Waals surface area contributed by atoms with Crippen LogP contribution in [0.1, 0.15) is 45.1 Å². The highest BCUT2D eigenvalue weighted by Crippen LogP contribution is 2.20. The summed E-state index contributed by atoms with van der Waals surface area (Å²) in [5.41, 5.74) is 2.48. The Morgan fingerprint density at radius 2 is 1.56 bits per heavy atom. The van der Waals surface area contributed by atoms with Crippen LogP contribution in [0.15, 0.2) is 60.7 Å². The predicted octanol–water partition coefficient (Wildman–Crippen LogP) is 5.58. The minimum absolute atomic E-state index is 0.0179. The predicted molar refractivity (Wildman–Crippen MR) is 127 cm³/mol. The van der Waals surface area contributed by atoms with Crippen LogP contribution in [-0.4, -0.2) is 34.2 Å². The summed E-state index contributed by atoms with van der Waals surface area (Å²) >= 11 is 1.64. The van der Waals surface area contributed by atoms with Gasteiger partial charge in [0.1, 0.15) is 12.4 Å². The summed E-state index contributed by atoms with van der Waals surface area (Å²) in [6.45, 7) is 8.59. The van der Waals surface area contributed by atoms with E-state index >= 15 is 0 Å². The summed E-state index contributed by atoms with van der Waals surface area (Å²) in [4.78, 5) is 32.1. The van der Waals surface area contributed by atoms with E-state index in [1.807, 2.05) is 52.0 Å². The molecule has 0 saturated carbocycles. The number of nitrogens with zero attached hydrogens (tertiary/aromatic N) is 2. The Labute approximate surface area is 193 Å². The zero-order chi connectivity index (χ0) is 23.3. The summed E-state index contributed by atoms with van der Waals surface area (Å²) in [6.07, 6.45) is 0. The Kier molecular flexibility index (Phi) is 7.80. The summed E-state index contributed by atoms with van der Waals surface area (Å²) in [6, 6.07) is 17.5. The maximum absolute atomic E-state index is 13.4. The summed E-state index contributed by atoms with van der Waals surface area (Å²) < 4.78 is 13.3. The molecule has 0 aliphatic heterocycles. The number of rotatable bonds is 8. The fourth-order valence-electron chi connectivity index (χ4n) is 3.40. The van der Waals surface area contributed by atoms with Gasteiger partial charge in [-0.25, -0.2) is 4.39 Å². The number of benzene rings is 2. The van der Waals surface area contributed by atoms with Gasteiger partial charge in [-0.3, -0.25) is 9.59 Å². The number of hydrogen-bond donors (Lipinski definition) is 0. The molecule has 0 saturated heterocycles. The lowest BCUT2D eigenvalue weighted by Gasteiger charge is -2.30. The molecule has 6 heteroatoms. The molecule has 0 fully saturated rings. The third kappa shape index (κ3) is 6.26. The third-order valence-corrected chi connectivity index (χ3v) is 6.26. The quantitative estimate of drug-likeness (QED) is 0.447. The normalized spacial score (nSPS) is 10.9. The molecule has 0 N–H and O–H groups in total. The Hall–Kier alpha value is -2.99. The first-order valence-corrected chi connectivity index (χ1v) is 11.5. The highest BCUT2D eigenvalue weighted by Gasteiger charge is 2.25. The van der Waals surface area contributed by atoms with Gasteiger partial charge in [0.2, 0.25) is 5.91 Å². The molecular formula is C26H29FN2O2S. The van der Waals surface area contributed by atoms with Crippen LogP contribution in [0.4, 0.5) is 4.39 Å². The Morgan fingerprint density at radius 1 is 0.906 bits per heavy atom. The van der Waals surface area contributed by atoms with E-state index in [0.29, 0.717) is 18.7 Å². The van der Waals surface area contributed by atoms with Crippen molar-refractivity contribution in [3.05, 3.63) is 92.9 Å². The van der Waals surface area contributed by atoms with E-state index in [4.69, 9.17) is 0 Å². The van der Waals surface area contributed by atoms with Crippen LogP contribution in [0.2, 0.25) is 0 Å². The molecule has 0 aliphatic carbocycles. The molecule has 3 aromatic rings. The fourth-order valence-corrected chi connectivity index (χ4v) is 4.30. The minimum Gasteiger partial charge on any atom is -0.332 e. The van der Waals surface area contributed by atoms with Gasteiger partial charge in [-0.15, -0.1) is 11.3 Å². The van der Waals surface area contributed by atoms with Crippen LogP contribution in [0.3, 0.4) is 0 Å². The molecule has 3 rings (SSSR count). The topological polar surface area (TPSA) is 40.6 Å². The van der Waals surface area contributed by atoms with Crippen LogP contribution in [0, 0.1) is 19.7 Å². The van der Waals surface area contributed by atoms with E-state index in [-0.39, 0.29) is 30.2 Å². The zero-order valence-electron chi connectivity index (χ0n) is 19.0. The molecule has 2 amide bonds. The van der Waals surface area contributed by atoms with Gasteiger partial charge in [-0.1, -0.05) is 29.8 Å². The molecule has 168 valence electrons. The molecule has 0 atom stereocenters. The highest BCUT2D eigenvalue weighted by atomic mass is 32.1. The van der Waals surface area contributed by atoms with Crippen molar-refractivity contribution in [2.45, 2.75) is 46.8 Å². The monoisotopic (exact) mass is 452 g/mol. The molecule has 0 spiro atoms. The second kappa shape index (κ2) is 10.6. The smallest absolute Gasteiger partial charge is 0.254 e. The third-order valence-electron chi connectivity index (χ3n) is 5.27. The standard InChI is InChI=1S/C26H29FN2O2S/c1-18(2)29(26(31)22-10-5-19(3)6-11-22)17-25(30)28(16-24-14-7-20(4)32-24)15-21-8-12-23(27)13-9-21/h5-14,18H,15-17H2,1-4H3. The van der Waals surface area contributed by atoms with E-state index in [2.05, 4.69) is 0 Å². The molecule has 0 unspecified atom stereocenters. The average molecular weight is 453 g/mol. The number of carbonyl (C=O) groups is 2. The lowest BCUT2D eigenvalue weighted by molar-refractivity contribution is -0.133. The Morgan fingerprint density at radius 3 is 2.12 bits per heavy atom. The van der Waals surface area contributed by atoms with Gasteiger partial charge in [-0.2, -0.15) is 0 Å². The van der Waals surface area contributed by atoms with Crippen LogP contribution in [-0.2, 0) is 17.9 Å². The van der Waals surface area contributed by atoms with Crippen molar-refractivity contribution in [3.63, 3.8) is 0 Å². The molecule has 1 heterocycles. The van der Waals surface area contributed by atoms with Crippen LogP contribution >= 0.6 is 11.3 Å². The first-order chi connectivity index (χ1) is 15.2. The molecule has 1 aromatic heterocycles. The summed E-state index contributed by atoms with van der Waals surface area (Å²) in [5.74, 6) is -0.619. The van der Waals surface area contributed by atoms with E-state index < -0.39 is 0 Å². The second-order valence-electron chi connectivity index (χ2n) is 8.28. The molecule has 0 radical (unpaired) electrons. The second-order valence-corrected chi connectivity index (χ2v) is 9.65. The van der Waals surface area contributed by atoms with Crippen molar-refractivity contribution in [2.75, 3.05) is 6.54 Å². The molecule has 0 bridgehead atoms. The van der Waals surface area contributed by atoms with Crippen molar-refractivity contribution in [1.29, 1.82) is 0 Å². The largest absolute Gasteiger partial charge is 0.332 e. The Balaban J connectivity index is 1.81. The van der Waals surface area contributed by atoms with E-state index in [0.717, 1.165) is 16.0 Å². The van der Waals surface area contributed by atoms with Gasteiger partial charge in [0, 0.05) is 27.9 Å². The van der Waals surface area contributed by atoms with Gasteiger partial charge >= 0.3 is 0 Å². The van der Waals surface area contributed by atoms with Crippen molar-refractivity contribution < 1.29 is 14.0 Å². The fraction of sp³-hybridized carbons (Fsp3) is 0.308. The number of carbonyl (C=O) groups excluding carboxylic acids is 2. The van der Waals surface area contributed by atoms with Crippen molar-refractivity contribution in [1.82, 2.24) is 9.80 Å². The van der Waals surface area contributed by atoms with Gasteiger partial charge in [0.15, 0.2) is 0 Å². The number of aryl methyl sites for hydroxylation is 2. The van der Waals surface area contributed by atoms with Crippen molar-refractivity contribution in [2.24, 2.45) is 0 Å². The first kappa shape index (κ1) is 23.7. The number of hydrogen-bond acceptors (Lipinski definition) is 3. The number of thiophene rings is 1. The van der Waals surface area contributed by atoms with Crippen molar-refractivity contribution in [3.8, 4) is 0 Å². The zero-order valence-corrected chi connectivity index (χ0v) is 19.8. The minimum atomic E-state index is -0.310. The number of halogens is 1. The van der Waals surface area contributed by atoms with Gasteiger partial charge in [-0.05, 0) is 69.7 Å². The SMILES string of the molecule is Cc1ccc(C(=O)N(CC(=O)N(Cc2ccc(F)cc2)Cc2ccc(C)s2)C(C)C)cc1. The van der Waals surface area contributed by atoms with Gasteiger partial charge in [0.05, 0.1) is 6.54 Å². The lowest BCUT2D eigenvalue weighted by atomic mass is 10.1. The lowest BCUT2D eigenvalue weighted by Crippen LogP contribution is -2.45. The van der Waals surface area contributed by atoms with E-state index in [9.17, 15) is 14.0 Å². The molecule has 32 heavy (non-hydrogen) atoms. The Bertz CT molecular complexity index is 1060. The average Bonchev–Trinajstić information content (AvgIpc) is 3.17. The molecule has 4 nitrogen and oxygen atoms in total. The van der Waals surface area contributed by atoms with E-state index in [1.165, 1.54) is 17.0 Å². The maximum atomic E-state index is 13.4. The molecular weight excluding hydrogens is 423 g/mol. The van der Waals surface area contributed by atoms with E-state index in [1.54, 1.807) is 45.4 Å². The summed E-state index contributed by atoms with van der Waals surface area (Å²) in [7, 11) is 0.